The van der Waals surface area contributed by atoms with Crippen LogP contribution in [0.15, 0.2) is 30.0 Å². The monoisotopic (exact) mass is 234 g/mol. The van der Waals surface area contributed by atoms with Gasteiger partial charge < -0.3 is 14.2 Å². The SMILES string of the molecule is CC(=O)O/C=C(/C)Cc1ccc2c(c1)OCO2. The molecule has 2 rings (SSSR count). The molecule has 0 amide bonds. The maximum atomic E-state index is 10.7. The van der Waals surface area contributed by atoms with E-state index < -0.39 is 0 Å². The summed E-state index contributed by atoms with van der Waals surface area (Å²) in [7, 11) is 0. The van der Waals surface area contributed by atoms with Gasteiger partial charge in [-0.3, -0.25) is 4.79 Å². The summed E-state index contributed by atoms with van der Waals surface area (Å²) < 4.78 is 15.3. The second-order valence-electron chi connectivity index (χ2n) is 3.94. The van der Waals surface area contributed by atoms with Crippen LogP contribution in [0, 0.1) is 0 Å². The lowest BCUT2D eigenvalue weighted by Crippen LogP contribution is -1.94. The van der Waals surface area contributed by atoms with E-state index in [0.29, 0.717) is 6.42 Å². The third-order valence-electron chi connectivity index (χ3n) is 2.35. The van der Waals surface area contributed by atoms with Crippen molar-refractivity contribution in [2.45, 2.75) is 20.3 Å². The molecule has 4 heteroatoms. The predicted molar refractivity (Wildman–Crippen MR) is 61.8 cm³/mol. The van der Waals surface area contributed by atoms with E-state index >= 15 is 0 Å². The Morgan fingerprint density at radius 3 is 2.88 bits per heavy atom. The second kappa shape index (κ2) is 4.91. The van der Waals surface area contributed by atoms with E-state index in [4.69, 9.17) is 14.2 Å². The van der Waals surface area contributed by atoms with Crippen molar-refractivity contribution in [2.75, 3.05) is 6.79 Å². The fourth-order valence-electron chi connectivity index (χ4n) is 1.60. The molecule has 1 heterocycles. The molecule has 0 spiro atoms. The normalized spacial score (nSPS) is 13.6. The van der Waals surface area contributed by atoms with E-state index in [1.54, 1.807) is 0 Å². The van der Waals surface area contributed by atoms with Gasteiger partial charge in [-0.1, -0.05) is 6.07 Å². The Balaban J connectivity index is 2.04. The number of esters is 1. The molecule has 90 valence electrons. The number of carbonyl (C=O) groups is 1. The molecule has 0 fully saturated rings. The van der Waals surface area contributed by atoms with E-state index in [-0.39, 0.29) is 12.8 Å². The zero-order valence-electron chi connectivity index (χ0n) is 9.86. The molecular weight excluding hydrogens is 220 g/mol. The Labute approximate surface area is 99.8 Å². The third-order valence-corrected chi connectivity index (χ3v) is 2.35. The van der Waals surface area contributed by atoms with Crippen LogP contribution in [0.2, 0.25) is 0 Å². The van der Waals surface area contributed by atoms with Crippen molar-refractivity contribution in [3.05, 3.63) is 35.6 Å². The van der Waals surface area contributed by atoms with Gasteiger partial charge in [-0.25, -0.2) is 0 Å². The number of carbonyl (C=O) groups excluding carboxylic acids is 1. The van der Waals surface area contributed by atoms with E-state index in [2.05, 4.69) is 0 Å². The summed E-state index contributed by atoms with van der Waals surface area (Å²) in [6.45, 7) is 3.57. The minimum atomic E-state index is -0.310. The topological polar surface area (TPSA) is 44.8 Å². The highest BCUT2D eigenvalue weighted by Crippen LogP contribution is 2.32. The van der Waals surface area contributed by atoms with Crippen molar-refractivity contribution < 1.29 is 19.0 Å². The average molecular weight is 234 g/mol. The van der Waals surface area contributed by atoms with Crippen molar-refractivity contribution in [2.24, 2.45) is 0 Å². The minimum absolute atomic E-state index is 0.279. The second-order valence-corrected chi connectivity index (χ2v) is 3.94. The number of benzene rings is 1. The van der Waals surface area contributed by atoms with Crippen LogP contribution < -0.4 is 9.47 Å². The zero-order chi connectivity index (χ0) is 12.3. The van der Waals surface area contributed by atoms with Crippen molar-refractivity contribution in [3.63, 3.8) is 0 Å². The third kappa shape index (κ3) is 3.00. The van der Waals surface area contributed by atoms with Crippen molar-refractivity contribution in [1.82, 2.24) is 0 Å². The van der Waals surface area contributed by atoms with Gasteiger partial charge in [0.25, 0.3) is 0 Å². The molecule has 0 radical (unpaired) electrons. The van der Waals surface area contributed by atoms with Gasteiger partial charge >= 0.3 is 5.97 Å². The molecule has 0 aliphatic carbocycles. The number of rotatable bonds is 3. The maximum Gasteiger partial charge on any atom is 0.307 e. The van der Waals surface area contributed by atoms with Gasteiger partial charge in [-0.2, -0.15) is 0 Å². The van der Waals surface area contributed by atoms with Gasteiger partial charge in [0, 0.05) is 6.92 Å². The Morgan fingerprint density at radius 1 is 1.35 bits per heavy atom. The first-order valence-corrected chi connectivity index (χ1v) is 5.36. The van der Waals surface area contributed by atoms with Crippen molar-refractivity contribution in [1.29, 1.82) is 0 Å². The van der Waals surface area contributed by atoms with Crippen LogP contribution in [0.1, 0.15) is 19.4 Å². The summed E-state index contributed by atoms with van der Waals surface area (Å²) in [5.74, 6) is 1.23. The molecule has 0 atom stereocenters. The molecule has 1 aromatic carbocycles. The first-order chi connectivity index (χ1) is 8.15. The number of ether oxygens (including phenoxy) is 3. The van der Waals surface area contributed by atoms with Crippen LogP contribution in [-0.2, 0) is 16.0 Å². The van der Waals surface area contributed by atoms with Gasteiger partial charge in [0.1, 0.15) is 0 Å². The number of allylic oxidation sites excluding steroid dienone is 1. The first kappa shape index (κ1) is 11.5. The maximum absolute atomic E-state index is 10.7. The molecule has 0 saturated carbocycles. The number of hydrogen-bond acceptors (Lipinski definition) is 4. The Kier molecular flexibility index (Phi) is 3.32. The standard InChI is InChI=1S/C13H14O4/c1-9(7-15-10(2)14)5-11-3-4-12-13(6-11)17-8-16-12/h3-4,6-7H,5,8H2,1-2H3/b9-7-. The Hall–Kier alpha value is -1.97. The quantitative estimate of drug-likeness (QED) is 0.595. The van der Waals surface area contributed by atoms with Gasteiger partial charge in [0.2, 0.25) is 6.79 Å². The van der Waals surface area contributed by atoms with Gasteiger partial charge in [-0.05, 0) is 36.6 Å². The fraction of sp³-hybridized carbons (Fsp3) is 0.308. The summed E-state index contributed by atoms with van der Waals surface area (Å²) in [5, 5.41) is 0. The smallest absolute Gasteiger partial charge is 0.307 e. The van der Waals surface area contributed by atoms with Crippen LogP contribution in [-0.4, -0.2) is 12.8 Å². The first-order valence-electron chi connectivity index (χ1n) is 5.36. The molecule has 0 bridgehead atoms. The van der Waals surface area contributed by atoms with Crippen molar-refractivity contribution in [3.8, 4) is 11.5 Å². The average Bonchev–Trinajstić information content (AvgIpc) is 2.73. The lowest BCUT2D eigenvalue weighted by Gasteiger charge is -2.03. The lowest BCUT2D eigenvalue weighted by atomic mass is 10.1. The lowest BCUT2D eigenvalue weighted by molar-refractivity contribution is -0.135. The van der Waals surface area contributed by atoms with Crippen LogP contribution in [0.25, 0.3) is 0 Å². The summed E-state index contributed by atoms with van der Waals surface area (Å²) in [4.78, 5) is 10.7. The molecule has 1 aliphatic heterocycles. The van der Waals surface area contributed by atoms with Crippen LogP contribution >= 0.6 is 0 Å². The molecule has 4 nitrogen and oxygen atoms in total. The number of fused-ring (bicyclic) bond motifs is 1. The highest BCUT2D eigenvalue weighted by atomic mass is 16.7. The highest BCUT2D eigenvalue weighted by Gasteiger charge is 2.13. The minimum Gasteiger partial charge on any atom is -0.454 e. The summed E-state index contributed by atoms with van der Waals surface area (Å²) in [6, 6.07) is 5.79. The summed E-state index contributed by atoms with van der Waals surface area (Å²) in [6.07, 6.45) is 2.19. The highest BCUT2D eigenvalue weighted by molar-refractivity contribution is 5.66. The van der Waals surface area contributed by atoms with Gasteiger partial charge in [0.05, 0.1) is 6.26 Å². The summed E-state index contributed by atoms with van der Waals surface area (Å²) >= 11 is 0. The Morgan fingerprint density at radius 2 is 2.12 bits per heavy atom. The molecular formula is C13H14O4. The molecule has 1 aromatic rings. The fourth-order valence-corrected chi connectivity index (χ4v) is 1.60. The predicted octanol–water partition coefficient (Wildman–Crippen LogP) is 2.42. The molecule has 0 unspecified atom stereocenters. The van der Waals surface area contributed by atoms with Gasteiger partial charge in [0.15, 0.2) is 11.5 Å². The van der Waals surface area contributed by atoms with Crippen molar-refractivity contribution >= 4 is 5.97 Å². The van der Waals surface area contributed by atoms with E-state index in [0.717, 1.165) is 22.6 Å². The zero-order valence-corrected chi connectivity index (χ0v) is 9.86. The van der Waals surface area contributed by atoms with E-state index in [9.17, 15) is 4.79 Å². The largest absolute Gasteiger partial charge is 0.454 e. The summed E-state index contributed by atoms with van der Waals surface area (Å²) in [5.41, 5.74) is 2.06. The van der Waals surface area contributed by atoms with E-state index in [1.807, 2.05) is 25.1 Å². The van der Waals surface area contributed by atoms with Gasteiger partial charge in [-0.15, -0.1) is 0 Å². The van der Waals surface area contributed by atoms with Crippen LogP contribution in [0.3, 0.4) is 0 Å². The molecule has 1 aliphatic rings. The Bertz CT molecular complexity index is 462. The number of hydrogen-bond donors (Lipinski definition) is 0. The molecule has 0 saturated heterocycles. The van der Waals surface area contributed by atoms with E-state index in [1.165, 1.54) is 13.2 Å². The van der Waals surface area contributed by atoms with Crippen LogP contribution in [0.5, 0.6) is 11.5 Å². The molecule has 0 N–H and O–H groups in total. The molecule has 0 aromatic heterocycles. The molecule has 17 heavy (non-hydrogen) atoms. The van der Waals surface area contributed by atoms with Crippen LogP contribution in [0.4, 0.5) is 0 Å².